The van der Waals surface area contributed by atoms with Gasteiger partial charge in [-0.3, -0.25) is 14.2 Å². The number of hydrogen-bond donors (Lipinski definition) is 0. The number of Topliss-reactive ketones (excluding diaryl/α,β-unsaturated/α-hetero) is 1. The van der Waals surface area contributed by atoms with E-state index < -0.39 is 0 Å². The van der Waals surface area contributed by atoms with Gasteiger partial charge in [0.2, 0.25) is 5.91 Å². The lowest BCUT2D eigenvalue weighted by Gasteiger charge is -2.17. The molecule has 0 saturated heterocycles. The molecule has 0 aliphatic heterocycles. The monoisotopic (exact) mass is 296 g/mol. The first-order valence-electron chi connectivity index (χ1n) is 7.70. The minimum Gasteiger partial charge on any atom is -0.292 e. The van der Waals surface area contributed by atoms with Crippen molar-refractivity contribution >= 4 is 11.7 Å². The summed E-state index contributed by atoms with van der Waals surface area (Å²) in [5, 5.41) is 0. The van der Waals surface area contributed by atoms with E-state index in [-0.39, 0.29) is 23.5 Å². The van der Waals surface area contributed by atoms with Crippen molar-refractivity contribution in [2.24, 2.45) is 5.92 Å². The molecule has 114 valence electrons. The Morgan fingerprint density at radius 1 is 1.18 bits per heavy atom. The van der Waals surface area contributed by atoms with Gasteiger partial charge < -0.3 is 0 Å². The van der Waals surface area contributed by atoms with Gasteiger partial charge in [-0.2, -0.15) is 0 Å². The molecule has 0 unspecified atom stereocenters. The maximum atomic E-state index is 12.6. The zero-order valence-electron chi connectivity index (χ0n) is 13.4. The van der Waals surface area contributed by atoms with Gasteiger partial charge >= 0.3 is 0 Å². The zero-order valence-corrected chi connectivity index (χ0v) is 13.4. The van der Waals surface area contributed by atoms with E-state index in [9.17, 15) is 9.59 Å². The zero-order chi connectivity index (χ0) is 16.0. The third-order valence-electron chi connectivity index (χ3n) is 4.02. The van der Waals surface area contributed by atoms with Crippen LogP contribution < -0.4 is 0 Å². The maximum Gasteiger partial charge on any atom is 0.235 e. The van der Waals surface area contributed by atoms with E-state index in [1.807, 2.05) is 52.0 Å². The molecule has 4 nitrogen and oxygen atoms in total. The molecule has 0 atom stereocenters. The van der Waals surface area contributed by atoms with Gasteiger partial charge in [-0.25, -0.2) is 4.98 Å². The van der Waals surface area contributed by atoms with Crippen LogP contribution in [0.4, 0.5) is 0 Å². The van der Waals surface area contributed by atoms with E-state index >= 15 is 0 Å². The molecule has 1 aliphatic carbocycles. The van der Waals surface area contributed by atoms with Crippen molar-refractivity contribution in [1.82, 2.24) is 9.55 Å². The van der Waals surface area contributed by atoms with E-state index in [4.69, 9.17) is 0 Å². The third-order valence-corrected chi connectivity index (χ3v) is 4.02. The van der Waals surface area contributed by atoms with Crippen LogP contribution in [0.25, 0.3) is 11.3 Å². The maximum absolute atomic E-state index is 12.6. The lowest BCUT2D eigenvalue weighted by molar-refractivity contribution is 0.0830. The summed E-state index contributed by atoms with van der Waals surface area (Å²) in [6, 6.07) is 7.80. The van der Waals surface area contributed by atoms with Crippen molar-refractivity contribution in [3.63, 3.8) is 0 Å². The number of carbonyl (C=O) groups is 2. The van der Waals surface area contributed by atoms with Gasteiger partial charge in [0.15, 0.2) is 5.78 Å². The molecular formula is C18H20N2O2. The standard InChI is InChI=1S/C18H20N2O2/c1-10(2)17-19-15-13-8-6-5-7-12(13)9-14(21)16(15)20(17)18(22)11(3)4/h5-8,10-11H,9H2,1-4H3. The van der Waals surface area contributed by atoms with Crippen LogP contribution in [0.2, 0.25) is 0 Å². The SMILES string of the molecule is CC(C)C(=O)n1c(C(C)C)nc2c1C(=O)Cc1ccccc1-2. The van der Waals surface area contributed by atoms with Crippen LogP contribution in [0.5, 0.6) is 0 Å². The molecule has 0 bridgehead atoms. The van der Waals surface area contributed by atoms with Crippen LogP contribution >= 0.6 is 0 Å². The van der Waals surface area contributed by atoms with Crippen molar-refractivity contribution in [2.45, 2.75) is 40.0 Å². The molecule has 0 N–H and O–H groups in total. The lowest BCUT2D eigenvalue weighted by atomic mass is 9.91. The fourth-order valence-electron chi connectivity index (χ4n) is 2.91. The van der Waals surface area contributed by atoms with E-state index in [0.29, 0.717) is 23.6 Å². The Bertz CT molecular complexity index is 769. The van der Waals surface area contributed by atoms with Crippen LogP contribution in [-0.2, 0) is 6.42 Å². The molecular weight excluding hydrogens is 276 g/mol. The van der Waals surface area contributed by atoms with Crippen molar-refractivity contribution in [1.29, 1.82) is 0 Å². The summed E-state index contributed by atoms with van der Waals surface area (Å²) in [6.07, 6.45) is 0.331. The third kappa shape index (κ3) is 2.10. The van der Waals surface area contributed by atoms with Gasteiger partial charge in [-0.1, -0.05) is 52.0 Å². The minimum atomic E-state index is -0.180. The average molecular weight is 296 g/mol. The van der Waals surface area contributed by atoms with Gasteiger partial charge in [0.1, 0.15) is 17.2 Å². The Balaban J connectivity index is 2.32. The molecule has 3 rings (SSSR count). The van der Waals surface area contributed by atoms with E-state index in [1.165, 1.54) is 0 Å². The Kier molecular flexibility index (Phi) is 3.47. The highest BCUT2D eigenvalue weighted by Crippen LogP contribution is 2.35. The molecule has 0 amide bonds. The normalized spacial score (nSPS) is 13.5. The number of aromatic nitrogens is 2. The fourth-order valence-corrected chi connectivity index (χ4v) is 2.91. The predicted molar refractivity (Wildman–Crippen MR) is 85.3 cm³/mol. The highest BCUT2D eigenvalue weighted by Gasteiger charge is 2.33. The summed E-state index contributed by atoms with van der Waals surface area (Å²) in [5.74, 6) is 0.482. The molecule has 2 aromatic rings. The van der Waals surface area contributed by atoms with Crippen molar-refractivity contribution in [3.05, 3.63) is 41.3 Å². The minimum absolute atomic E-state index is 0.0258. The number of fused-ring (bicyclic) bond motifs is 3. The van der Waals surface area contributed by atoms with E-state index in [1.54, 1.807) is 4.57 Å². The van der Waals surface area contributed by atoms with Crippen LogP contribution in [0, 0.1) is 5.92 Å². The van der Waals surface area contributed by atoms with Gasteiger partial charge in [-0.05, 0) is 5.56 Å². The second-order valence-corrected chi connectivity index (χ2v) is 6.41. The molecule has 1 aromatic carbocycles. The summed E-state index contributed by atoms with van der Waals surface area (Å²) >= 11 is 0. The van der Waals surface area contributed by atoms with Crippen molar-refractivity contribution < 1.29 is 9.59 Å². The summed E-state index contributed by atoms with van der Waals surface area (Å²) in [4.78, 5) is 29.9. The van der Waals surface area contributed by atoms with Crippen molar-refractivity contribution in [3.8, 4) is 11.3 Å². The number of hydrogen-bond acceptors (Lipinski definition) is 3. The molecule has 1 aliphatic rings. The molecule has 4 heteroatoms. The number of nitrogens with zero attached hydrogens (tertiary/aromatic N) is 2. The molecule has 0 saturated carbocycles. The Hall–Kier alpha value is -2.23. The Labute approximate surface area is 130 Å². The largest absolute Gasteiger partial charge is 0.292 e. The molecule has 22 heavy (non-hydrogen) atoms. The van der Waals surface area contributed by atoms with Crippen molar-refractivity contribution in [2.75, 3.05) is 0 Å². The van der Waals surface area contributed by atoms with Crippen LogP contribution in [-0.4, -0.2) is 21.2 Å². The average Bonchev–Trinajstić information content (AvgIpc) is 2.87. The summed E-state index contributed by atoms with van der Waals surface area (Å²) in [7, 11) is 0. The number of rotatable bonds is 2. The lowest BCUT2D eigenvalue weighted by Crippen LogP contribution is -2.26. The highest BCUT2D eigenvalue weighted by molar-refractivity contribution is 6.08. The van der Waals surface area contributed by atoms with Crippen LogP contribution in [0.1, 0.15) is 60.3 Å². The first-order valence-corrected chi connectivity index (χ1v) is 7.70. The fraction of sp³-hybridized carbons (Fsp3) is 0.389. The summed E-state index contributed by atoms with van der Waals surface area (Å²) in [6.45, 7) is 7.68. The van der Waals surface area contributed by atoms with Gasteiger partial charge in [0, 0.05) is 23.8 Å². The summed E-state index contributed by atoms with van der Waals surface area (Å²) < 4.78 is 1.56. The highest BCUT2D eigenvalue weighted by atomic mass is 16.2. The van der Waals surface area contributed by atoms with Gasteiger partial charge in [0.05, 0.1) is 0 Å². The number of benzene rings is 1. The van der Waals surface area contributed by atoms with Crippen LogP contribution in [0.3, 0.4) is 0 Å². The smallest absolute Gasteiger partial charge is 0.235 e. The molecule has 0 fully saturated rings. The first-order chi connectivity index (χ1) is 10.4. The van der Waals surface area contributed by atoms with E-state index in [0.717, 1.165) is 11.1 Å². The van der Waals surface area contributed by atoms with Gasteiger partial charge in [-0.15, -0.1) is 0 Å². The number of carbonyl (C=O) groups excluding carboxylic acids is 2. The quantitative estimate of drug-likeness (QED) is 0.849. The molecule has 0 radical (unpaired) electrons. The Morgan fingerprint density at radius 3 is 2.50 bits per heavy atom. The second kappa shape index (κ2) is 5.20. The number of imidazole rings is 1. The second-order valence-electron chi connectivity index (χ2n) is 6.41. The molecule has 1 heterocycles. The van der Waals surface area contributed by atoms with E-state index in [2.05, 4.69) is 4.98 Å². The summed E-state index contributed by atoms with van der Waals surface area (Å²) in [5.41, 5.74) is 3.07. The molecule has 1 aromatic heterocycles. The van der Waals surface area contributed by atoms with Crippen LogP contribution in [0.15, 0.2) is 24.3 Å². The molecule has 0 spiro atoms. The Morgan fingerprint density at radius 2 is 1.86 bits per heavy atom. The topological polar surface area (TPSA) is 52.0 Å². The van der Waals surface area contributed by atoms with Gasteiger partial charge in [0.25, 0.3) is 0 Å². The first kappa shape index (κ1) is 14.7. The predicted octanol–water partition coefficient (Wildman–Crippen LogP) is 3.71. The number of ketones is 1.